The summed E-state index contributed by atoms with van der Waals surface area (Å²) in [6.45, 7) is 10.5. The average molecular weight is 695 g/mol. The van der Waals surface area contributed by atoms with Gasteiger partial charge < -0.3 is 10.2 Å². The highest BCUT2D eigenvalue weighted by Crippen LogP contribution is 2.30. The highest BCUT2D eigenvalue weighted by molar-refractivity contribution is 7.92. The number of hydrogen-bond donors (Lipinski definition) is 1. The quantitative estimate of drug-likeness (QED) is 0.175. The van der Waals surface area contributed by atoms with Crippen molar-refractivity contribution in [2.45, 2.75) is 71.0 Å². The van der Waals surface area contributed by atoms with Gasteiger partial charge in [-0.05, 0) is 94.1 Å². The standard InChI is InChI=1S/C37H41Cl2N3O4S/c1-25-13-18-31(19-14-25)47(45,46)42(33-20-26(2)12-15-27(33)3)24-35(43)41(23-29-16-17-30(38)22-32(29)39)34(36(44)40-37(4,5)6)21-28-10-8-7-9-11-28/h7-20,22,34H,21,23-24H2,1-6H3,(H,40,44)/t34-/m0/s1. The summed E-state index contributed by atoms with van der Waals surface area (Å²) in [5.41, 5.74) is 3.58. The maximum Gasteiger partial charge on any atom is 0.264 e. The van der Waals surface area contributed by atoms with E-state index in [0.29, 0.717) is 26.9 Å². The van der Waals surface area contributed by atoms with Crippen molar-refractivity contribution in [2.24, 2.45) is 0 Å². The molecule has 0 aromatic heterocycles. The number of nitrogens with zero attached hydrogens (tertiary/aromatic N) is 2. The van der Waals surface area contributed by atoms with Gasteiger partial charge >= 0.3 is 0 Å². The van der Waals surface area contributed by atoms with Crippen molar-refractivity contribution >= 4 is 50.7 Å². The van der Waals surface area contributed by atoms with Gasteiger partial charge in [-0.2, -0.15) is 0 Å². The van der Waals surface area contributed by atoms with Gasteiger partial charge in [0, 0.05) is 28.5 Å². The van der Waals surface area contributed by atoms with Crippen molar-refractivity contribution in [2.75, 3.05) is 10.8 Å². The van der Waals surface area contributed by atoms with Crippen molar-refractivity contribution in [1.82, 2.24) is 10.2 Å². The van der Waals surface area contributed by atoms with Crippen LogP contribution in [0.5, 0.6) is 0 Å². The Bertz CT molecular complexity index is 1840. The van der Waals surface area contributed by atoms with E-state index >= 15 is 0 Å². The van der Waals surface area contributed by atoms with E-state index in [2.05, 4.69) is 5.32 Å². The van der Waals surface area contributed by atoms with Gasteiger partial charge in [0.05, 0.1) is 10.6 Å². The first-order valence-electron chi connectivity index (χ1n) is 15.3. The molecule has 1 N–H and O–H groups in total. The zero-order valence-corrected chi connectivity index (χ0v) is 29.9. The van der Waals surface area contributed by atoms with Gasteiger partial charge in [0.25, 0.3) is 10.0 Å². The lowest BCUT2D eigenvalue weighted by molar-refractivity contribution is -0.140. The van der Waals surface area contributed by atoms with Crippen LogP contribution < -0.4 is 9.62 Å². The van der Waals surface area contributed by atoms with Gasteiger partial charge in [-0.25, -0.2) is 8.42 Å². The number of amides is 2. The molecule has 2 amide bonds. The second kappa shape index (κ2) is 14.9. The molecule has 0 unspecified atom stereocenters. The summed E-state index contributed by atoms with van der Waals surface area (Å²) in [5.74, 6) is -0.947. The largest absolute Gasteiger partial charge is 0.350 e. The Balaban J connectivity index is 1.87. The smallest absolute Gasteiger partial charge is 0.264 e. The Hall–Kier alpha value is -3.85. The number of nitrogens with one attached hydrogen (secondary N) is 1. The Morgan fingerprint density at radius 2 is 1.47 bits per heavy atom. The minimum Gasteiger partial charge on any atom is -0.350 e. The summed E-state index contributed by atoms with van der Waals surface area (Å²) in [6, 6.07) is 25.3. The highest BCUT2D eigenvalue weighted by atomic mass is 35.5. The molecule has 0 bridgehead atoms. The molecule has 4 aromatic carbocycles. The van der Waals surface area contributed by atoms with E-state index < -0.39 is 34.1 Å². The fourth-order valence-electron chi connectivity index (χ4n) is 5.18. The molecule has 0 saturated carbocycles. The molecule has 0 aliphatic carbocycles. The van der Waals surface area contributed by atoms with Crippen LogP contribution >= 0.6 is 23.2 Å². The molecule has 0 radical (unpaired) electrons. The van der Waals surface area contributed by atoms with E-state index in [0.717, 1.165) is 21.0 Å². The molecule has 4 aromatic rings. The van der Waals surface area contributed by atoms with Gasteiger partial charge in [-0.15, -0.1) is 0 Å². The van der Waals surface area contributed by atoms with Crippen molar-refractivity contribution in [3.05, 3.63) is 129 Å². The van der Waals surface area contributed by atoms with Crippen molar-refractivity contribution < 1.29 is 18.0 Å². The Morgan fingerprint density at radius 1 is 0.830 bits per heavy atom. The first kappa shape index (κ1) is 36.0. The van der Waals surface area contributed by atoms with Crippen LogP contribution in [0.2, 0.25) is 10.0 Å². The first-order valence-corrected chi connectivity index (χ1v) is 17.5. The van der Waals surface area contributed by atoms with Gasteiger partial charge in [0.1, 0.15) is 12.6 Å². The fourth-order valence-corrected chi connectivity index (χ4v) is 7.12. The second-order valence-electron chi connectivity index (χ2n) is 12.8. The van der Waals surface area contributed by atoms with Crippen LogP contribution in [0, 0.1) is 20.8 Å². The van der Waals surface area contributed by atoms with Crippen LogP contribution in [-0.2, 0) is 32.6 Å². The van der Waals surface area contributed by atoms with E-state index in [1.54, 1.807) is 43.3 Å². The average Bonchev–Trinajstić information content (AvgIpc) is 2.99. The highest BCUT2D eigenvalue weighted by Gasteiger charge is 2.36. The summed E-state index contributed by atoms with van der Waals surface area (Å²) < 4.78 is 29.8. The Morgan fingerprint density at radius 3 is 2.09 bits per heavy atom. The first-order chi connectivity index (χ1) is 22.0. The number of halogens is 2. The number of hydrogen-bond acceptors (Lipinski definition) is 4. The Labute approximate surface area is 288 Å². The Kier molecular flexibility index (Phi) is 11.4. The SMILES string of the molecule is Cc1ccc(S(=O)(=O)N(CC(=O)N(Cc2ccc(Cl)cc2Cl)[C@@H](Cc2ccccc2)C(=O)NC(C)(C)C)c2cc(C)ccc2C)cc1. The number of carbonyl (C=O) groups excluding carboxylic acids is 2. The van der Waals surface area contributed by atoms with Crippen LogP contribution in [0.3, 0.4) is 0 Å². The van der Waals surface area contributed by atoms with E-state index in [9.17, 15) is 18.0 Å². The topological polar surface area (TPSA) is 86.8 Å². The summed E-state index contributed by atoms with van der Waals surface area (Å²) in [6.07, 6.45) is 0.188. The monoisotopic (exact) mass is 693 g/mol. The molecule has 0 spiro atoms. The van der Waals surface area contributed by atoms with Crippen LogP contribution in [0.4, 0.5) is 5.69 Å². The molecule has 0 heterocycles. The van der Waals surface area contributed by atoms with Gasteiger partial charge in [0.15, 0.2) is 0 Å². The second-order valence-corrected chi connectivity index (χ2v) is 15.5. The zero-order valence-electron chi connectivity index (χ0n) is 27.6. The van der Waals surface area contributed by atoms with Crippen LogP contribution in [0.15, 0.2) is 95.9 Å². The molecular weight excluding hydrogens is 653 g/mol. The van der Waals surface area contributed by atoms with Crippen LogP contribution in [0.25, 0.3) is 0 Å². The predicted octanol–water partition coefficient (Wildman–Crippen LogP) is 7.67. The third kappa shape index (κ3) is 9.37. The van der Waals surface area contributed by atoms with Gasteiger partial charge in [-0.1, -0.05) is 89.4 Å². The molecule has 47 heavy (non-hydrogen) atoms. The molecule has 1 atom stereocenters. The molecule has 0 fully saturated rings. The molecular formula is C37H41Cl2N3O4S. The van der Waals surface area contributed by atoms with E-state index in [4.69, 9.17) is 23.2 Å². The van der Waals surface area contributed by atoms with Crippen molar-refractivity contribution in [1.29, 1.82) is 0 Å². The maximum atomic E-state index is 14.7. The maximum absolute atomic E-state index is 14.7. The number of rotatable bonds is 11. The molecule has 0 saturated heterocycles. The van der Waals surface area contributed by atoms with E-state index in [1.807, 2.05) is 77.1 Å². The minimum atomic E-state index is -4.22. The van der Waals surface area contributed by atoms with E-state index in [-0.39, 0.29) is 23.8 Å². The summed E-state index contributed by atoms with van der Waals surface area (Å²) in [5, 5.41) is 3.78. The molecule has 10 heteroatoms. The lowest BCUT2D eigenvalue weighted by Crippen LogP contribution is -2.56. The number of anilines is 1. The lowest BCUT2D eigenvalue weighted by Gasteiger charge is -2.35. The molecule has 4 rings (SSSR count). The third-order valence-electron chi connectivity index (χ3n) is 7.65. The van der Waals surface area contributed by atoms with E-state index in [1.165, 1.54) is 17.0 Å². The van der Waals surface area contributed by atoms with Crippen molar-refractivity contribution in [3.8, 4) is 0 Å². The number of aryl methyl sites for hydroxylation is 3. The lowest BCUT2D eigenvalue weighted by atomic mass is 10.0. The summed E-state index contributed by atoms with van der Waals surface area (Å²) in [4.78, 5) is 30.2. The van der Waals surface area contributed by atoms with Crippen LogP contribution in [0.1, 0.15) is 48.6 Å². The van der Waals surface area contributed by atoms with Crippen molar-refractivity contribution in [3.63, 3.8) is 0 Å². The number of carbonyl (C=O) groups is 2. The zero-order chi connectivity index (χ0) is 34.5. The normalized spacial score (nSPS) is 12.3. The van der Waals surface area contributed by atoms with Crippen LogP contribution in [-0.4, -0.2) is 43.3 Å². The fraction of sp³-hybridized carbons (Fsp3) is 0.297. The molecule has 248 valence electrons. The number of benzene rings is 4. The van der Waals surface area contributed by atoms with Gasteiger partial charge in [0.2, 0.25) is 11.8 Å². The molecule has 0 aliphatic heterocycles. The summed E-state index contributed by atoms with van der Waals surface area (Å²) in [7, 11) is -4.22. The number of sulfonamides is 1. The minimum absolute atomic E-state index is 0.0513. The third-order valence-corrected chi connectivity index (χ3v) is 10.0. The van der Waals surface area contributed by atoms with Gasteiger partial charge in [-0.3, -0.25) is 13.9 Å². The molecule has 7 nitrogen and oxygen atoms in total. The molecule has 0 aliphatic rings. The summed E-state index contributed by atoms with van der Waals surface area (Å²) >= 11 is 12.8. The predicted molar refractivity (Wildman–Crippen MR) is 190 cm³/mol.